The molecule has 1 rings (SSSR count). The van der Waals surface area contributed by atoms with Gasteiger partial charge in [0.2, 0.25) is 0 Å². The Balaban J connectivity index is 2.29. The van der Waals surface area contributed by atoms with E-state index < -0.39 is 0 Å². The largest absolute Gasteiger partial charge is 0.312 e. The fourth-order valence-corrected chi connectivity index (χ4v) is 1.55. The molecular weight excluding hydrogens is 110 g/mol. The van der Waals surface area contributed by atoms with Gasteiger partial charge in [0, 0.05) is 12.1 Å². The van der Waals surface area contributed by atoms with Gasteiger partial charge in [-0.1, -0.05) is 12.8 Å². The highest BCUT2D eigenvalue weighted by Crippen LogP contribution is 2.11. The molecular formula is C8H17N. The van der Waals surface area contributed by atoms with Crippen molar-refractivity contribution in [2.24, 2.45) is 0 Å². The first-order valence-corrected chi connectivity index (χ1v) is 4.05. The van der Waals surface area contributed by atoms with Crippen LogP contribution in [0.3, 0.4) is 0 Å². The van der Waals surface area contributed by atoms with Crippen molar-refractivity contribution in [3.8, 4) is 0 Å². The third kappa shape index (κ3) is 2.35. The molecule has 0 radical (unpaired) electrons. The van der Waals surface area contributed by atoms with Gasteiger partial charge in [-0.05, 0) is 26.7 Å². The van der Waals surface area contributed by atoms with Crippen LogP contribution >= 0.6 is 0 Å². The van der Waals surface area contributed by atoms with Crippen LogP contribution in [-0.4, -0.2) is 12.1 Å². The number of hydrogen-bond acceptors (Lipinski definition) is 1. The molecule has 0 bridgehead atoms. The summed E-state index contributed by atoms with van der Waals surface area (Å²) in [4.78, 5) is 0. The van der Waals surface area contributed by atoms with Gasteiger partial charge in [-0.2, -0.15) is 0 Å². The third-order valence-electron chi connectivity index (χ3n) is 2.09. The first kappa shape index (κ1) is 7.07. The highest BCUT2D eigenvalue weighted by atomic mass is 14.9. The monoisotopic (exact) mass is 127 g/mol. The summed E-state index contributed by atoms with van der Waals surface area (Å²) in [6.45, 7) is 4.56. The lowest BCUT2D eigenvalue weighted by Crippen LogP contribution is -2.32. The Morgan fingerprint density at radius 3 is 1.89 bits per heavy atom. The minimum atomic E-state index is 0.752. The molecule has 1 N–H and O–H groups in total. The molecule has 2 atom stereocenters. The molecule has 0 aliphatic carbocycles. The lowest BCUT2D eigenvalue weighted by atomic mass is 10.1. The maximum Gasteiger partial charge on any atom is 0.00412 e. The van der Waals surface area contributed by atoms with Crippen molar-refractivity contribution in [1.29, 1.82) is 0 Å². The Morgan fingerprint density at radius 2 is 1.44 bits per heavy atom. The van der Waals surface area contributed by atoms with Crippen LogP contribution in [0, 0.1) is 0 Å². The van der Waals surface area contributed by atoms with Crippen LogP contribution in [0.15, 0.2) is 0 Å². The molecule has 0 aromatic rings. The van der Waals surface area contributed by atoms with Crippen LogP contribution < -0.4 is 5.32 Å². The van der Waals surface area contributed by atoms with Crippen molar-refractivity contribution in [3.05, 3.63) is 0 Å². The molecule has 1 saturated heterocycles. The Hall–Kier alpha value is -0.0400. The summed E-state index contributed by atoms with van der Waals surface area (Å²) in [5.41, 5.74) is 0. The van der Waals surface area contributed by atoms with Crippen LogP contribution in [0.4, 0.5) is 0 Å². The summed E-state index contributed by atoms with van der Waals surface area (Å²) in [5, 5.41) is 3.54. The van der Waals surface area contributed by atoms with Crippen molar-refractivity contribution in [2.45, 2.75) is 51.6 Å². The first-order valence-electron chi connectivity index (χ1n) is 4.05. The topological polar surface area (TPSA) is 12.0 Å². The summed E-state index contributed by atoms with van der Waals surface area (Å²) in [6, 6.07) is 1.50. The molecule has 1 heteroatoms. The van der Waals surface area contributed by atoms with Crippen LogP contribution in [-0.2, 0) is 0 Å². The Labute approximate surface area is 57.8 Å². The maximum atomic E-state index is 3.54. The van der Waals surface area contributed by atoms with E-state index in [-0.39, 0.29) is 0 Å². The highest BCUT2D eigenvalue weighted by Gasteiger charge is 2.10. The lowest BCUT2D eigenvalue weighted by molar-refractivity contribution is 0.475. The zero-order chi connectivity index (χ0) is 6.69. The smallest absolute Gasteiger partial charge is 0.00412 e. The average molecular weight is 127 g/mol. The van der Waals surface area contributed by atoms with Gasteiger partial charge in [-0.25, -0.2) is 0 Å². The maximum absolute atomic E-state index is 3.54. The van der Waals surface area contributed by atoms with E-state index in [0.29, 0.717) is 0 Å². The summed E-state index contributed by atoms with van der Waals surface area (Å²) in [6.07, 6.45) is 5.56. The minimum absolute atomic E-state index is 0.752. The number of nitrogens with one attached hydrogen (secondary N) is 1. The van der Waals surface area contributed by atoms with Gasteiger partial charge in [-0.3, -0.25) is 0 Å². The van der Waals surface area contributed by atoms with Gasteiger partial charge in [-0.15, -0.1) is 0 Å². The Bertz CT molecular complexity index is 70.6. The van der Waals surface area contributed by atoms with Crippen molar-refractivity contribution >= 4 is 0 Å². The van der Waals surface area contributed by atoms with Gasteiger partial charge in [0.05, 0.1) is 0 Å². The van der Waals surface area contributed by atoms with Crippen LogP contribution in [0.2, 0.25) is 0 Å². The molecule has 0 saturated carbocycles. The molecule has 1 aliphatic heterocycles. The Kier molecular flexibility index (Phi) is 2.52. The molecule has 1 nitrogen and oxygen atoms in total. The molecule has 0 amide bonds. The molecule has 0 aromatic heterocycles. The van der Waals surface area contributed by atoms with Crippen LogP contribution in [0.5, 0.6) is 0 Å². The molecule has 1 heterocycles. The molecule has 0 spiro atoms. The zero-order valence-corrected chi connectivity index (χ0v) is 6.48. The number of rotatable bonds is 0. The van der Waals surface area contributed by atoms with E-state index in [0.717, 1.165) is 12.1 Å². The van der Waals surface area contributed by atoms with Crippen molar-refractivity contribution in [3.63, 3.8) is 0 Å². The zero-order valence-electron chi connectivity index (χ0n) is 6.48. The van der Waals surface area contributed by atoms with Crippen molar-refractivity contribution in [2.75, 3.05) is 0 Å². The summed E-state index contributed by atoms with van der Waals surface area (Å²) < 4.78 is 0. The van der Waals surface area contributed by atoms with Crippen LogP contribution in [0.25, 0.3) is 0 Å². The lowest BCUT2D eigenvalue weighted by Gasteiger charge is -2.13. The van der Waals surface area contributed by atoms with Gasteiger partial charge in [0.25, 0.3) is 0 Å². The van der Waals surface area contributed by atoms with Crippen molar-refractivity contribution in [1.82, 2.24) is 5.32 Å². The minimum Gasteiger partial charge on any atom is -0.312 e. The first-order chi connectivity index (χ1) is 4.29. The summed E-state index contributed by atoms with van der Waals surface area (Å²) >= 11 is 0. The standard InChI is InChI=1S/C8H17N/c1-7-5-3-4-6-8(2)9-7/h7-9H,3-6H2,1-2H3/t7-,8+. The fraction of sp³-hybridized carbons (Fsp3) is 1.00. The van der Waals surface area contributed by atoms with E-state index in [1.54, 1.807) is 0 Å². The van der Waals surface area contributed by atoms with Gasteiger partial charge >= 0.3 is 0 Å². The van der Waals surface area contributed by atoms with E-state index in [1.807, 2.05) is 0 Å². The van der Waals surface area contributed by atoms with E-state index in [4.69, 9.17) is 0 Å². The fourth-order valence-electron chi connectivity index (χ4n) is 1.55. The second kappa shape index (κ2) is 3.21. The number of hydrogen-bond donors (Lipinski definition) is 1. The molecule has 0 unspecified atom stereocenters. The van der Waals surface area contributed by atoms with Gasteiger partial charge in [0.15, 0.2) is 0 Å². The quantitative estimate of drug-likeness (QED) is 0.524. The normalized spacial score (nSPS) is 38.0. The molecule has 1 fully saturated rings. The van der Waals surface area contributed by atoms with Crippen LogP contribution in [0.1, 0.15) is 39.5 Å². The highest BCUT2D eigenvalue weighted by molar-refractivity contribution is 4.71. The summed E-state index contributed by atoms with van der Waals surface area (Å²) in [7, 11) is 0. The SMILES string of the molecule is C[C@@H]1CCCC[C@H](C)N1. The average Bonchev–Trinajstić information content (AvgIpc) is 1.93. The van der Waals surface area contributed by atoms with E-state index >= 15 is 0 Å². The van der Waals surface area contributed by atoms with Crippen molar-refractivity contribution < 1.29 is 0 Å². The van der Waals surface area contributed by atoms with E-state index in [2.05, 4.69) is 19.2 Å². The third-order valence-corrected chi connectivity index (χ3v) is 2.09. The second-order valence-electron chi connectivity index (χ2n) is 3.25. The van der Waals surface area contributed by atoms with E-state index in [9.17, 15) is 0 Å². The molecule has 9 heavy (non-hydrogen) atoms. The predicted molar refractivity (Wildman–Crippen MR) is 40.5 cm³/mol. The van der Waals surface area contributed by atoms with Gasteiger partial charge < -0.3 is 5.32 Å². The van der Waals surface area contributed by atoms with E-state index in [1.165, 1.54) is 25.7 Å². The molecule has 0 aromatic carbocycles. The summed E-state index contributed by atoms with van der Waals surface area (Å²) in [5.74, 6) is 0. The molecule has 54 valence electrons. The van der Waals surface area contributed by atoms with Gasteiger partial charge in [0.1, 0.15) is 0 Å². The second-order valence-corrected chi connectivity index (χ2v) is 3.25. The molecule has 1 aliphatic rings. The Morgan fingerprint density at radius 1 is 1.00 bits per heavy atom. The predicted octanol–water partition coefficient (Wildman–Crippen LogP) is 1.93.